The zero-order valence-corrected chi connectivity index (χ0v) is 14.8. The van der Waals surface area contributed by atoms with Crippen molar-refractivity contribution in [2.24, 2.45) is 5.92 Å². The Hall–Kier alpha value is -0.570. The summed E-state index contributed by atoms with van der Waals surface area (Å²) in [6.07, 6.45) is 15.2. The van der Waals surface area contributed by atoms with Gasteiger partial charge in [0.2, 0.25) is 0 Å². The van der Waals surface area contributed by atoms with Crippen molar-refractivity contribution in [1.82, 2.24) is 0 Å². The smallest absolute Gasteiger partial charge is 0.305 e. The standard InChI is InChI=1S/C19H36O3/c1-17(2)13-11-9-7-5-3-4-6-8-10-12-14-19(20)22-16-18-15-21-18/h17-18H,3-16H2,1-2H3. The minimum Gasteiger partial charge on any atom is -0.463 e. The molecule has 1 aliphatic heterocycles. The molecule has 1 atom stereocenters. The molecule has 0 aromatic rings. The molecule has 0 saturated carbocycles. The number of epoxide rings is 1. The van der Waals surface area contributed by atoms with Gasteiger partial charge in [0.05, 0.1) is 6.61 Å². The molecule has 1 unspecified atom stereocenters. The summed E-state index contributed by atoms with van der Waals surface area (Å²) in [6, 6.07) is 0. The number of carbonyl (C=O) groups is 1. The summed E-state index contributed by atoms with van der Waals surface area (Å²) in [4.78, 5) is 11.4. The summed E-state index contributed by atoms with van der Waals surface area (Å²) in [7, 11) is 0. The lowest BCUT2D eigenvalue weighted by atomic mass is 10.0. The van der Waals surface area contributed by atoms with Gasteiger partial charge in [0.1, 0.15) is 12.7 Å². The average Bonchev–Trinajstić information content (AvgIpc) is 3.30. The predicted molar refractivity (Wildman–Crippen MR) is 90.9 cm³/mol. The van der Waals surface area contributed by atoms with Gasteiger partial charge >= 0.3 is 5.97 Å². The van der Waals surface area contributed by atoms with Crippen LogP contribution in [0, 0.1) is 5.92 Å². The van der Waals surface area contributed by atoms with Gasteiger partial charge in [-0.05, 0) is 12.3 Å². The van der Waals surface area contributed by atoms with Gasteiger partial charge in [-0.2, -0.15) is 0 Å². The maximum atomic E-state index is 11.4. The minimum absolute atomic E-state index is 0.0584. The normalized spacial score (nSPS) is 17.0. The molecule has 0 bridgehead atoms. The Morgan fingerprint density at radius 2 is 1.45 bits per heavy atom. The second-order valence-corrected chi connectivity index (χ2v) is 7.11. The Labute approximate surface area is 137 Å². The average molecular weight is 312 g/mol. The number of unbranched alkanes of at least 4 members (excludes halogenated alkanes) is 9. The Balaban J connectivity index is 1.69. The number of hydrogen-bond donors (Lipinski definition) is 0. The van der Waals surface area contributed by atoms with Crippen LogP contribution in [-0.2, 0) is 14.3 Å². The summed E-state index contributed by atoms with van der Waals surface area (Å²) in [6.45, 7) is 5.82. The molecule has 0 radical (unpaired) electrons. The van der Waals surface area contributed by atoms with E-state index in [2.05, 4.69) is 13.8 Å². The molecule has 1 aliphatic rings. The SMILES string of the molecule is CC(C)CCCCCCCCCCCCC(=O)OCC1CO1. The third-order valence-electron chi connectivity index (χ3n) is 4.24. The van der Waals surface area contributed by atoms with Gasteiger partial charge in [0.25, 0.3) is 0 Å². The molecular weight excluding hydrogens is 276 g/mol. The lowest BCUT2D eigenvalue weighted by Gasteiger charge is -2.05. The van der Waals surface area contributed by atoms with E-state index < -0.39 is 0 Å². The maximum Gasteiger partial charge on any atom is 0.305 e. The van der Waals surface area contributed by atoms with Crippen molar-refractivity contribution in [3.8, 4) is 0 Å². The lowest BCUT2D eigenvalue weighted by molar-refractivity contribution is -0.144. The molecule has 1 rings (SSSR count). The van der Waals surface area contributed by atoms with Gasteiger partial charge in [-0.25, -0.2) is 0 Å². The first kappa shape index (κ1) is 19.5. The lowest BCUT2D eigenvalue weighted by Crippen LogP contribution is -2.09. The van der Waals surface area contributed by atoms with Crippen LogP contribution in [0.5, 0.6) is 0 Å². The molecule has 0 aliphatic carbocycles. The molecule has 0 spiro atoms. The van der Waals surface area contributed by atoms with E-state index in [1.54, 1.807) is 0 Å². The van der Waals surface area contributed by atoms with Crippen LogP contribution in [0.4, 0.5) is 0 Å². The molecule has 3 nitrogen and oxygen atoms in total. The fourth-order valence-corrected chi connectivity index (χ4v) is 2.66. The van der Waals surface area contributed by atoms with Crippen molar-refractivity contribution in [3.05, 3.63) is 0 Å². The zero-order valence-electron chi connectivity index (χ0n) is 14.8. The van der Waals surface area contributed by atoms with Crippen LogP contribution >= 0.6 is 0 Å². The summed E-state index contributed by atoms with van der Waals surface area (Å²) in [5, 5.41) is 0. The van der Waals surface area contributed by atoms with Crippen LogP contribution in [0.3, 0.4) is 0 Å². The van der Waals surface area contributed by atoms with Crippen molar-refractivity contribution >= 4 is 5.97 Å². The molecule has 3 heteroatoms. The molecule has 0 aromatic carbocycles. The largest absolute Gasteiger partial charge is 0.463 e. The van der Waals surface area contributed by atoms with E-state index in [1.807, 2.05) is 0 Å². The predicted octanol–water partition coefficient (Wildman–Crippen LogP) is 5.27. The number of ether oxygens (including phenoxy) is 2. The summed E-state index contributed by atoms with van der Waals surface area (Å²) >= 11 is 0. The van der Waals surface area contributed by atoms with E-state index >= 15 is 0 Å². The number of rotatable bonds is 15. The van der Waals surface area contributed by atoms with E-state index in [0.717, 1.165) is 25.4 Å². The first-order valence-corrected chi connectivity index (χ1v) is 9.45. The van der Waals surface area contributed by atoms with Crippen LogP contribution in [0.25, 0.3) is 0 Å². The first-order chi connectivity index (χ1) is 10.7. The molecule has 130 valence electrons. The van der Waals surface area contributed by atoms with Crippen molar-refractivity contribution in [2.75, 3.05) is 13.2 Å². The van der Waals surface area contributed by atoms with Crippen LogP contribution in [0.2, 0.25) is 0 Å². The highest BCUT2D eigenvalue weighted by atomic mass is 16.6. The van der Waals surface area contributed by atoms with E-state index in [9.17, 15) is 4.79 Å². The van der Waals surface area contributed by atoms with Crippen LogP contribution in [0.15, 0.2) is 0 Å². The van der Waals surface area contributed by atoms with Gasteiger partial charge in [-0.1, -0.05) is 78.1 Å². The number of carbonyl (C=O) groups excluding carboxylic acids is 1. The molecule has 0 amide bonds. The number of hydrogen-bond acceptors (Lipinski definition) is 3. The summed E-state index contributed by atoms with van der Waals surface area (Å²) in [5.74, 6) is 0.802. The van der Waals surface area contributed by atoms with Crippen molar-refractivity contribution < 1.29 is 14.3 Å². The van der Waals surface area contributed by atoms with Gasteiger partial charge in [0, 0.05) is 6.42 Å². The molecule has 0 aromatic heterocycles. The summed E-state index contributed by atoms with van der Waals surface area (Å²) in [5.41, 5.74) is 0. The second-order valence-electron chi connectivity index (χ2n) is 7.11. The Morgan fingerprint density at radius 1 is 0.955 bits per heavy atom. The molecule has 0 N–H and O–H groups in total. The van der Waals surface area contributed by atoms with Crippen molar-refractivity contribution in [2.45, 2.75) is 97.0 Å². The van der Waals surface area contributed by atoms with E-state index in [-0.39, 0.29) is 12.1 Å². The van der Waals surface area contributed by atoms with E-state index in [4.69, 9.17) is 9.47 Å². The van der Waals surface area contributed by atoms with Gasteiger partial charge in [0.15, 0.2) is 0 Å². The zero-order chi connectivity index (χ0) is 16.0. The highest BCUT2D eigenvalue weighted by molar-refractivity contribution is 5.69. The van der Waals surface area contributed by atoms with Crippen molar-refractivity contribution in [3.63, 3.8) is 0 Å². The Morgan fingerprint density at radius 3 is 1.95 bits per heavy atom. The van der Waals surface area contributed by atoms with Crippen LogP contribution in [0.1, 0.15) is 90.9 Å². The molecule has 1 heterocycles. The van der Waals surface area contributed by atoms with E-state index in [0.29, 0.717) is 13.0 Å². The Kier molecular flexibility index (Phi) is 11.4. The highest BCUT2D eigenvalue weighted by Gasteiger charge is 2.23. The summed E-state index contributed by atoms with van der Waals surface area (Å²) < 4.78 is 10.1. The van der Waals surface area contributed by atoms with Gasteiger partial charge in [-0.15, -0.1) is 0 Å². The van der Waals surface area contributed by atoms with Gasteiger partial charge < -0.3 is 9.47 Å². The monoisotopic (exact) mass is 312 g/mol. The van der Waals surface area contributed by atoms with Crippen LogP contribution in [-0.4, -0.2) is 25.3 Å². The molecule has 1 saturated heterocycles. The minimum atomic E-state index is -0.0584. The first-order valence-electron chi connectivity index (χ1n) is 9.45. The molecule has 22 heavy (non-hydrogen) atoms. The maximum absolute atomic E-state index is 11.4. The highest BCUT2D eigenvalue weighted by Crippen LogP contribution is 2.14. The van der Waals surface area contributed by atoms with Gasteiger partial charge in [-0.3, -0.25) is 4.79 Å². The quantitative estimate of drug-likeness (QED) is 0.235. The molecular formula is C19H36O3. The Bertz CT molecular complexity index is 272. The molecule has 1 fully saturated rings. The fraction of sp³-hybridized carbons (Fsp3) is 0.947. The topological polar surface area (TPSA) is 38.8 Å². The third kappa shape index (κ3) is 13.1. The second kappa shape index (κ2) is 12.9. The van der Waals surface area contributed by atoms with E-state index in [1.165, 1.54) is 57.8 Å². The third-order valence-corrected chi connectivity index (χ3v) is 4.24. The fourth-order valence-electron chi connectivity index (χ4n) is 2.66. The number of esters is 1. The van der Waals surface area contributed by atoms with Crippen molar-refractivity contribution in [1.29, 1.82) is 0 Å². The van der Waals surface area contributed by atoms with Crippen LogP contribution < -0.4 is 0 Å².